The third-order valence-electron chi connectivity index (χ3n) is 5.38. The highest BCUT2D eigenvalue weighted by Gasteiger charge is 2.35. The van der Waals surface area contributed by atoms with E-state index in [-0.39, 0.29) is 5.41 Å². The van der Waals surface area contributed by atoms with Crippen molar-refractivity contribution in [1.82, 2.24) is 5.48 Å². The van der Waals surface area contributed by atoms with Gasteiger partial charge in [-0.1, -0.05) is 116 Å². The lowest BCUT2D eigenvalue weighted by Crippen LogP contribution is -2.29. The molecule has 28 heavy (non-hydrogen) atoms. The summed E-state index contributed by atoms with van der Waals surface area (Å²) >= 11 is 5.05. The van der Waals surface area contributed by atoms with Gasteiger partial charge >= 0.3 is 0 Å². The summed E-state index contributed by atoms with van der Waals surface area (Å²) in [5.74, 6) is 0. The molecule has 0 unspecified atom stereocenters. The lowest BCUT2D eigenvalue weighted by molar-refractivity contribution is 0.234. The number of unbranched alkanes of at least 4 members (excludes halogenated alkanes) is 2. The van der Waals surface area contributed by atoms with Crippen LogP contribution in [0.1, 0.15) is 48.8 Å². The van der Waals surface area contributed by atoms with Crippen molar-refractivity contribution in [2.45, 2.75) is 37.5 Å². The van der Waals surface area contributed by atoms with Gasteiger partial charge in [0.15, 0.2) is 0 Å². The Morgan fingerprint density at radius 2 is 1.11 bits per heavy atom. The van der Waals surface area contributed by atoms with Crippen LogP contribution in [0.5, 0.6) is 0 Å². The van der Waals surface area contributed by atoms with Crippen molar-refractivity contribution in [3.8, 4) is 0 Å². The van der Waals surface area contributed by atoms with Crippen molar-refractivity contribution in [1.29, 1.82) is 0 Å². The van der Waals surface area contributed by atoms with Gasteiger partial charge < -0.3 is 0 Å². The van der Waals surface area contributed by atoms with Gasteiger partial charge in [0, 0.05) is 5.41 Å². The fraction of sp³-hybridized carbons (Fsp3) is 0.240. The molecule has 0 amide bonds. The molecule has 0 aliphatic rings. The highest BCUT2D eigenvalue weighted by molar-refractivity contribution is 7.80. The average Bonchev–Trinajstić information content (AvgIpc) is 2.78. The summed E-state index contributed by atoms with van der Waals surface area (Å²) in [4.78, 5) is 0.514. The third kappa shape index (κ3) is 4.67. The fourth-order valence-corrected chi connectivity index (χ4v) is 4.15. The first-order valence-electron chi connectivity index (χ1n) is 9.87. The van der Waals surface area contributed by atoms with Crippen LogP contribution >= 0.6 is 12.2 Å². The summed E-state index contributed by atoms with van der Waals surface area (Å²) in [5.41, 5.74) is 5.86. The topological polar surface area (TPSA) is 32.3 Å². The quantitative estimate of drug-likeness (QED) is 0.196. The van der Waals surface area contributed by atoms with Crippen LogP contribution in [0.15, 0.2) is 91.0 Å². The highest BCUT2D eigenvalue weighted by Crippen LogP contribution is 2.43. The minimum atomic E-state index is -0.181. The van der Waals surface area contributed by atoms with Gasteiger partial charge in [0.05, 0.1) is 0 Å². The Bertz CT molecular complexity index is 753. The van der Waals surface area contributed by atoms with Crippen LogP contribution in [0.4, 0.5) is 0 Å². The Balaban J connectivity index is 1.96. The molecule has 0 atom stereocenters. The second kappa shape index (κ2) is 10.2. The van der Waals surface area contributed by atoms with E-state index in [2.05, 4.69) is 96.5 Å². The van der Waals surface area contributed by atoms with Gasteiger partial charge in [-0.05, 0) is 36.0 Å². The van der Waals surface area contributed by atoms with Gasteiger partial charge in [-0.2, -0.15) is 0 Å². The largest absolute Gasteiger partial charge is 0.291 e. The van der Waals surface area contributed by atoms with Crippen LogP contribution in [0, 0.1) is 0 Å². The Morgan fingerprint density at radius 1 is 0.679 bits per heavy atom. The predicted molar refractivity (Wildman–Crippen MR) is 120 cm³/mol. The predicted octanol–water partition coefficient (Wildman–Crippen LogP) is 6.28. The van der Waals surface area contributed by atoms with Crippen LogP contribution in [-0.2, 0) is 5.41 Å². The molecule has 0 aliphatic heterocycles. The maximum absolute atomic E-state index is 8.88. The Morgan fingerprint density at radius 3 is 1.50 bits per heavy atom. The van der Waals surface area contributed by atoms with Gasteiger partial charge in [-0.15, -0.1) is 0 Å². The summed E-state index contributed by atoms with van der Waals surface area (Å²) in [7, 11) is 0. The number of thiocarbonyl (C=S) groups is 1. The second-order valence-electron chi connectivity index (χ2n) is 7.10. The average molecular weight is 390 g/mol. The maximum Gasteiger partial charge on any atom is 0.100 e. The maximum atomic E-state index is 8.88. The van der Waals surface area contributed by atoms with E-state index >= 15 is 0 Å². The lowest BCUT2D eigenvalue weighted by Gasteiger charge is -2.36. The van der Waals surface area contributed by atoms with Gasteiger partial charge in [0.25, 0.3) is 0 Å². The number of hydrogen-bond donors (Lipinski definition) is 2. The van der Waals surface area contributed by atoms with Crippen LogP contribution in [0.3, 0.4) is 0 Å². The molecule has 3 aromatic rings. The van der Waals surface area contributed by atoms with Gasteiger partial charge in [0.1, 0.15) is 4.99 Å². The van der Waals surface area contributed by atoms with Crippen molar-refractivity contribution < 1.29 is 5.21 Å². The summed E-state index contributed by atoms with van der Waals surface area (Å²) in [6.45, 7) is 0. The molecule has 0 heterocycles. The fourth-order valence-electron chi connectivity index (χ4n) is 4.01. The Kier molecular flexibility index (Phi) is 7.35. The molecule has 0 radical (unpaired) electrons. The van der Waals surface area contributed by atoms with E-state index in [4.69, 9.17) is 17.4 Å². The van der Waals surface area contributed by atoms with Crippen LogP contribution in [0.2, 0.25) is 0 Å². The van der Waals surface area contributed by atoms with Crippen LogP contribution < -0.4 is 5.48 Å². The molecule has 0 spiro atoms. The SMILES string of the molecule is ONC(=S)CCCCCC(c1ccccc1)(c1ccccc1)c1ccccc1. The molecule has 144 valence electrons. The Hall–Kier alpha value is -2.49. The van der Waals surface area contributed by atoms with Crippen LogP contribution in [-0.4, -0.2) is 10.2 Å². The number of hydrogen-bond acceptors (Lipinski definition) is 2. The van der Waals surface area contributed by atoms with Crippen LogP contribution in [0.25, 0.3) is 0 Å². The standard InChI is InChI=1S/C25H27NOS/c27-26-24(28)19-11-4-12-20-25(21-13-5-1-6-14-21,22-15-7-2-8-16-22)23-17-9-3-10-18-23/h1-3,5-10,13-18,27H,4,11-12,19-20H2,(H,26,28). The molecule has 0 bridgehead atoms. The zero-order chi connectivity index (χ0) is 19.7. The number of nitrogens with one attached hydrogen (secondary N) is 1. The normalized spacial score (nSPS) is 11.2. The van der Waals surface area contributed by atoms with E-state index < -0.39 is 0 Å². The second-order valence-corrected chi connectivity index (χ2v) is 7.59. The molecule has 0 fully saturated rings. The number of hydroxylamine groups is 1. The molecule has 3 aromatic carbocycles. The van der Waals surface area contributed by atoms with E-state index in [1.807, 2.05) is 0 Å². The number of benzene rings is 3. The molecule has 3 rings (SSSR count). The van der Waals surface area contributed by atoms with Crippen molar-refractivity contribution in [3.05, 3.63) is 108 Å². The van der Waals surface area contributed by atoms with Gasteiger partial charge in [-0.3, -0.25) is 10.7 Å². The minimum absolute atomic E-state index is 0.181. The molecule has 0 aromatic heterocycles. The molecule has 0 saturated carbocycles. The number of rotatable bonds is 9. The third-order valence-corrected chi connectivity index (χ3v) is 5.68. The smallest absolute Gasteiger partial charge is 0.100 e. The van der Waals surface area contributed by atoms with E-state index in [9.17, 15) is 0 Å². The van der Waals surface area contributed by atoms with E-state index in [0.717, 1.165) is 32.1 Å². The minimum Gasteiger partial charge on any atom is -0.291 e. The molecule has 2 N–H and O–H groups in total. The van der Waals surface area contributed by atoms with Crippen molar-refractivity contribution in [2.24, 2.45) is 0 Å². The van der Waals surface area contributed by atoms with Crippen molar-refractivity contribution in [3.63, 3.8) is 0 Å². The first-order chi connectivity index (χ1) is 13.8. The summed E-state index contributed by atoms with van der Waals surface area (Å²) < 4.78 is 0. The first kappa shape index (κ1) is 20.2. The summed E-state index contributed by atoms with van der Waals surface area (Å²) in [5, 5.41) is 8.88. The van der Waals surface area contributed by atoms with Gasteiger partial charge in [-0.25, -0.2) is 0 Å². The van der Waals surface area contributed by atoms with Crippen molar-refractivity contribution in [2.75, 3.05) is 0 Å². The van der Waals surface area contributed by atoms with E-state index in [1.165, 1.54) is 16.7 Å². The van der Waals surface area contributed by atoms with E-state index in [1.54, 1.807) is 0 Å². The van der Waals surface area contributed by atoms with Gasteiger partial charge in [0.2, 0.25) is 0 Å². The highest BCUT2D eigenvalue weighted by atomic mass is 32.1. The molecule has 2 nitrogen and oxygen atoms in total. The zero-order valence-corrected chi connectivity index (χ0v) is 16.9. The molecular formula is C25H27NOS. The molecule has 3 heteroatoms. The van der Waals surface area contributed by atoms with E-state index in [0.29, 0.717) is 4.99 Å². The lowest BCUT2D eigenvalue weighted by atomic mass is 9.66. The zero-order valence-electron chi connectivity index (χ0n) is 16.1. The molecule has 0 saturated heterocycles. The Labute approximate surface area is 173 Å². The van der Waals surface area contributed by atoms with Crippen molar-refractivity contribution >= 4 is 17.2 Å². The summed E-state index contributed by atoms with van der Waals surface area (Å²) in [6.07, 6.45) is 4.86. The molecule has 0 aliphatic carbocycles. The monoisotopic (exact) mass is 389 g/mol. The summed E-state index contributed by atoms with van der Waals surface area (Å²) in [6, 6.07) is 32.4. The molecular weight excluding hydrogens is 362 g/mol. The first-order valence-corrected chi connectivity index (χ1v) is 10.3.